The van der Waals surface area contributed by atoms with Crippen molar-refractivity contribution in [1.29, 1.82) is 0 Å². The van der Waals surface area contributed by atoms with Gasteiger partial charge in [0, 0.05) is 27.2 Å². The zero-order chi connectivity index (χ0) is 18.5. The SMILES string of the molecule is C[C@@H]1CN(C(=O)Cn2c(Cl)nc3c2c(=O)n(C)c(=O)n3C)C[C@@H](C)O1. The first-order valence-corrected chi connectivity index (χ1v) is 8.33. The molecule has 136 valence electrons. The van der Waals surface area contributed by atoms with Crippen molar-refractivity contribution in [2.75, 3.05) is 13.1 Å². The highest BCUT2D eigenvalue weighted by molar-refractivity contribution is 6.29. The quantitative estimate of drug-likeness (QED) is 0.679. The first-order chi connectivity index (χ1) is 11.7. The number of ether oxygens (including phenoxy) is 1. The van der Waals surface area contributed by atoms with E-state index in [1.807, 2.05) is 13.8 Å². The molecule has 0 spiro atoms. The second-order valence-electron chi connectivity index (χ2n) is 6.40. The Balaban J connectivity index is 2.02. The number of halogens is 1. The summed E-state index contributed by atoms with van der Waals surface area (Å²) in [5.41, 5.74) is -0.734. The molecule has 1 saturated heterocycles. The van der Waals surface area contributed by atoms with Crippen LogP contribution in [-0.2, 0) is 30.2 Å². The summed E-state index contributed by atoms with van der Waals surface area (Å²) >= 11 is 6.15. The van der Waals surface area contributed by atoms with Crippen molar-refractivity contribution in [1.82, 2.24) is 23.6 Å². The summed E-state index contributed by atoms with van der Waals surface area (Å²) in [6.45, 7) is 4.64. The molecule has 2 aromatic heterocycles. The molecule has 3 rings (SSSR count). The summed E-state index contributed by atoms with van der Waals surface area (Å²) < 4.78 is 9.19. The average Bonchev–Trinajstić information content (AvgIpc) is 2.87. The average molecular weight is 370 g/mol. The predicted octanol–water partition coefficient (Wildman–Crippen LogP) is -0.277. The van der Waals surface area contributed by atoms with Crippen molar-refractivity contribution in [3.8, 4) is 0 Å². The van der Waals surface area contributed by atoms with E-state index in [9.17, 15) is 14.4 Å². The second-order valence-corrected chi connectivity index (χ2v) is 6.74. The molecule has 3 heterocycles. The van der Waals surface area contributed by atoms with E-state index in [1.165, 1.54) is 23.2 Å². The van der Waals surface area contributed by atoms with E-state index >= 15 is 0 Å². The van der Waals surface area contributed by atoms with Gasteiger partial charge in [0.2, 0.25) is 11.2 Å². The van der Waals surface area contributed by atoms with E-state index < -0.39 is 11.2 Å². The number of carbonyl (C=O) groups is 1. The van der Waals surface area contributed by atoms with Gasteiger partial charge in [0.25, 0.3) is 5.56 Å². The number of aryl methyl sites for hydroxylation is 1. The van der Waals surface area contributed by atoms with Crippen molar-refractivity contribution in [2.45, 2.75) is 32.6 Å². The number of aromatic nitrogens is 4. The van der Waals surface area contributed by atoms with Gasteiger partial charge in [-0.05, 0) is 25.4 Å². The molecular weight excluding hydrogens is 350 g/mol. The summed E-state index contributed by atoms with van der Waals surface area (Å²) in [6, 6.07) is 0. The van der Waals surface area contributed by atoms with Crippen LogP contribution in [0.25, 0.3) is 11.2 Å². The highest BCUT2D eigenvalue weighted by Crippen LogP contribution is 2.17. The molecule has 25 heavy (non-hydrogen) atoms. The maximum atomic E-state index is 12.7. The molecule has 0 bridgehead atoms. The Morgan fingerprint density at radius 2 is 1.80 bits per heavy atom. The van der Waals surface area contributed by atoms with Gasteiger partial charge in [0.05, 0.1) is 12.2 Å². The minimum Gasteiger partial charge on any atom is -0.372 e. The molecule has 9 nitrogen and oxygen atoms in total. The fourth-order valence-corrected chi connectivity index (χ4v) is 3.41. The molecule has 0 radical (unpaired) electrons. The molecule has 10 heteroatoms. The largest absolute Gasteiger partial charge is 0.372 e. The van der Waals surface area contributed by atoms with E-state index in [1.54, 1.807) is 4.90 Å². The normalized spacial score (nSPS) is 21.1. The third-order valence-electron chi connectivity index (χ3n) is 4.37. The Kier molecular flexibility index (Phi) is 4.46. The van der Waals surface area contributed by atoms with Crippen LogP contribution < -0.4 is 11.2 Å². The predicted molar refractivity (Wildman–Crippen MR) is 91.8 cm³/mol. The van der Waals surface area contributed by atoms with Crippen molar-refractivity contribution in [3.05, 3.63) is 26.1 Å². The third-order valence-corrected chi connectivity index (χ3v) is 4.66. The lowest BCUT2D eigenvalue weighted by Gasteiger charge is -2.35. The van der Waals surface area contributed by atoms with Crippen LogP contribution in [0, 0.1) is 0 Å². The first kappa shape index (κ1) is 17.7. The number of hydrogen-bond acceptors (Lipinski definition) is 5. The van der Waals surface area contributed by atoms with Gasteiger partial charge >= 0.3 is 5.69 Å². The highest BCUT2D eigenvalue weighted by Gasteiger charge is 2.27. The van der Waals surface area contributed by atoms with E-state index in [-0.39, 0.29) is 41.1 Å². The van der Waals surface area contributed by atoms with Crippen LogP contribution in [0.4, 0.5) is 0 Å². The molecule has 0 unspecified atom stereocenters. The number of morpholine rings is 1. The summed E-state index contributed by atoms with van der Waals surface area (Å²) in [7, 11) is 2.88. The molecule has 2 aromatic rings. The standard InChI is InChI=1S/C15H20ClN5O4/c1-8-5-20(6-9(2)25-8)10(22)7-21-11-12(17-14(21)16)18(3)15(24)19(4)13(11)23/h8-9H,5-7H2,1-4H3/t8-,9-/m1/s1. The zero-order valence-corrected chi connectivity index (χ0v) is 15.3. The van der Waals surface area contributed by atoms with Crippen LogP contribution >= 0.6 is 11.6 Å². The van der Waals surface area contributed by atoms with Gasteiger partial charge in [-0.15, -0.1) is 0 Å². The number of rotatable bonds is 2. The maximum Gasteiger partial charge on any atom is 0.332 e. The molecule has 0 N–H and O–H groups in total. The maximum absolute atomic E-state index is 12.7. The molecule has 1 amide bonds. The molecule has 0 aliphatic carbocycles. The van der Waals surface area contributed by atoms with E-state index in [4.69, 9.17) is 16.3 Å². The molecule has 0 saturated carbocycles. The van der Waals surface area contributed by atoms with Crippen LogP contribution in [0.15, 0.2) is 9.59 Å². The van der Waals surface area contributed by atoms with Gasteiger partial charge < -0.3 is 9.64 Å². The Hall–Kier alpha value is -2.13. The summed E-state index contributed by atoms with van der Waals surface area (Å²) in [6.07, 6.45) is -0.118. The topological polar surface area (TPSA) is 91.4 Å². The second kappa shape index (κ2) is 6.30. The van der Waals surface area contributed by atoms with Crippen LogP contribution in [0.3, 0.4) is 0 Å². The van der Waals surface area contributed by atoms with E-state index in [0.717, 1.165) is 4.57 Å². The molecule has 1 aliphatic heterocycles. The van der Waals surface area contributed by atoms with Crippen LogP contribution in [0.5, 0.6) is 0 Å². The fourth-order valence-electron chi connectivity index (χ4n) is 3.18. The monoisotopic (exact) mass is 369 g/mol. The Morgan fingerprint density at radius 3 is 2.40 bits per heavy atom. The summed E-state index contributed by atoms with van der Waals surface area (Å²) in [5, 5.41) is -0.00370. The molecular formula is C15H20ClN5O4. The third kappa shape index (κ3) is 2.98. The van der Waals surface area contributed by atoms with E-state index in [2.05, 4.69) is 4.98 Å². The van der Waals surface area contributed by atoms with Crippen molar-refractivity contribution in [2.24, 2.45) is 14.1 Å². The zero-order valence-electron chi connectivity index (χ0n) is 14.5. The fraction of sp³-hybridized carbons (Fsp3) is 0.600. The highest BCUT2D eigenvalue weighted by atomic mass is 35.5. The Bertz CT molecular complexity index is 949. The number of amides is 1. The minimum atomic E-state index is -0.533. The van der Waals surface area contributed by atoms with Crippen molar-refractivity contribution in [3.63, 3.8) is 0 Å². The van der Waals surface area contributed by atoms with Gasteiger partial charge in [-0.3, -0.25) is 23.3 Å². The number of hydrogen-bond donors (Lipinski definition) is 0. The van der Waals surface area contributed by atoms with Crippen LogP contribution in [-0.4, -0.2) is 54.8 Å². The Labute approximate surface area is 148 Å². The van der Waals surface area contributed by atoms with Gasteiger partial charge in [-0.1, -0.05) is 0 Å². The summed E-state index contributed by atoms with van der Waals surface area (Å²) in [5.74, 6) is -0.181. The minimum absolute atomic E-state index is 0.00370. The molecule has 2 atom stereocenters. The lowest BCUT2D eigenvalue weighted by atomic mass is 10.2. The lowest BCUT2D eigenvalue weighted by molar-refractivity contribution is -0.143. The van der Waals surface area contributed by atoms with Gasteiger partial charge in [0.1, 0.15) is 6.54 Å². The first-order valence-electron chi connectivity index (χ1n) is 7.95. The number of fused-ring (bicyclic) bond motifs is 1. The van der Waals surface area contributed by atoms with Gasteiger partial charge in [0.15, 0.2) is 11.2 Å². The lowest BCUT2D eigenvalue weighted by Crippen LogP contribution is -2.49. The smallest absolute Gasteiger partial charge is 0.332 e. The van der Waals surface area contributed by atoms with Gasteiger partial charge in [-0.25, -0.2) is 4.79 Å². The van der Waals surface area contributed by atoms with Crippen LogP contribution in [0.2, 0.25) is 5.28 Å². The molecule has 1 fully saturated rings. The van der Waals surface area contributed by atoms with Crippen molar-refractivity contribution >= 4 is 28.7 Å². The van der Waals surface area contributed by atoms with E-state index in [0.29, 0.717) is 13.1 Å². The number of nitrogens with zero attached hydrogens (tertiary/aromatic N) is 5. The number of imidazole rings is 1. The van der Waals surface area contributed by atoms with Gasteiger partial charge in [-0.2, -0.15) is 4.98 Å². The Morgan fingerprint density at radius 1 is 1.20 bits per heavy atom. The number of carbonyl (C=O) groups excluding carboxylic acids is 1. The molecule has 0 aromatic carbocycles. The molecule has 1 aliphatic rings. The van der Waals surface area contributed by atoms with Crippen LogP contribution in [0.1, 0.15) is 13.8 Å². The van der Waals surface area contributed by atoms with Crippen molar-refractivity contribution < 1.29 is 9.53 Å². The summed E-state index contributed by atoms with van der Waals surface area (Å²) in [4.78, 5) is 43.0.